The highest BCUT2D eigenvalue weighted by Crippen LogP contribution is 2.49. The van der Waals surface area contributed by atoms with Gasteiger partial charge in [-0.15, -0.1) is 0 Å². The normalized spacial score (nSPS) is 22.0. The second-order valence-electron chi connectivity index (χ2n) is 7.49. The number of halogens is 1. The Labute approximate surface area is 164 Å². The van der Waals surface area contributed by atoms with Crippen molar-refractivity contribution in [1.82, 2.24) is 9.80 Å². The standard InChI is InChI=1S/C22H24FN3O2/c23-20-9-5-4-8-17(20)18-14-19(18)22(28)26-12-10-25(11-13-26)15-21(27)24-16-6-2-1-3-7-16/h1-9,18-19H,10-15H2,(H,24,27). The molecule has 1 N–H and O–H groups in total. The second-order valence-corrected chi connectivity index (χ2v) is 7.49. The molecule has 2 aromatic rings. The van der Waals surface area contributed by atoms with Crippen molar-refractivity contribution in [2.24, 2.45) is 5.92 Å². The van der Waals surface area contributed by atoms with Crippen LogP contribution < -0.4 is 5.32 Å². The van der Waals surface area contributed by atoms with Crippen LogP contribution >= 0.6 is 0 Å². The highest BCUT2D eigenvalue weighted by atomic mass is 19.1. The molecule has 0 bridgehead atoms. The molecule has 4 rings (SSSR count). The van der Waals surface area contributed by atoms with Crippen molar-refractivity contribution in [1.29, 1.82) is 0 Å². The molecule has 1 aliphatic carbocycles. The molecule has 28 heavy (non-hydrogen) atoms. The zero-order valence-corrected chi connectivity index (χ0v) is 15.7. The van der Waals surface area contributed by atoms with Crippen molar-refractivity contribution in [2.75, 3.05) is 38.0 Å². The van der Waals surface area contributed by atoms with Crippen LogP contribution in [0.3, 0.4) is 0 Å². The lowest BCUT2D eigenvalue weighted by Gasteiger charge is -2.34. The molecule has 6 heteroatoms. The van der Waals surface area contributed by atoms with Gasteiger partial charge in [0, 0.05) is 37.8 Å². The van der Waals surface area contributed by atoms with Crippen molar-refractivity contribution in [3.63, 3.8) is 0 Å². The van der Waals surface area contributed by atoms with Crippen molar-refractivity contribution >= 4 is 17.5 Å². The fourth-order valence-corrected chi connectivity index (χ4v) is 3.87. The van der Waals surface area contributed by atoms with Crippen molar-refractivity contribution in [3.8, 4) is 0 Å². The number of nitrogens with zero attached hydrogens (tertiary/aromatic N) is 2. The van der Waals surface area contributed by atoms with Crippen LogP contribution in [0.2, 0.25) is 0 Å². The number of nitrogens with one attached hydrogen (secondary N) is 1. The van der Waals surface area contributed by atoms with E-state index >= 15 is 0 Å². The van der Waals surface area contributed by atoms with Gasteiger partial charge in [0.25, 0.3) is 0 Å². The van der Waals surface area contributed by atoms with Gasteiger partial charge in [0.2, 0.25) is 11.8 Å². The van der Waals surface area contributed by atoms with Crippen LogP contribution in [-0.4, -0.2) is 54.3 Å². The zero-order chi connectivity index (χ0) is 19.5. The van der Waals surface area contributed by atoms with Gasteiger partial charge >= 0.3 is 0 Å². The molecule has 0 aromatic heterocycles. The molecule has 2 amide bonds. The number of carbonyl (C=O) groups excluding carboxylic acids is 2. The van der Waals surface area contributed by atoms with Crippen LogP contribution in [0.4, 0.5) is 10.1 Å². The fraction of sp³-hybridized carbons (Fsp3) is 0.364. The van der Waals surface area contributed by atoms with Crippen molar-refractivity contribution in [3.05, 3.63) is 66.0 Å². The molecule has 1 saturated heterocycles. The second kappa shape index (κ2) is 8.10. The van der Waals surface area contributed by atoms with E-state index < -0.39 is 0 Å². The van der Waals surface area contributed by atoms with E-state index in [1.165, 1.54) is 6.07 Å². The van der Waals surface area contributed by atoms with E-state index in [0.29, 0.717) is 38.3 Å². The minimum atomic E-state index is -0.225. The minimum absolute atomic E-state index is 0.00313. The number of anilines is 1. The van der Waals surface area contributed by atoms with E-state index in [-0.39, 0.29) is 29.5 Å². The third-order valence-electron chi connectivity index (χ3n) is 5.52. The van der Waals surface area contributed by atoms with Gasteiger partial charge < -0.3 is 10.2 Å². The molecular formula is C22H24FN3O2. The number of amides is 2. The molecule has 2 atom stereocenters. The summed E-state index contributed by atoms with van der Waals surface area (Å²) in [5.74, 6) is -0.264. The lowest BCUT2D eigenvalue weighted by Crippen LogP contribution is -2.51. The van der Waals surface area contributed by atoms with Crippen LogP contribution in [0.5, 0.6) is 0 Å². The first-order valence-electron chi connectivity index (χ1n) is 9.72. The first kappa shape index (κ1) is 18.6. The molecule has 2 fully saturated rings. The van der Waals surface area contributed by atoms with Crippen LogP contribution in [0.1, 0.15) is 17.9 Å². The maximum absolute atomic E-state index is 13.9. The number of hydrogen-bond donors (Lipinski definition) is 1. The van der Waals surface area contributed by atoms with Gasteiger partial charge in [0.15, 0.2) is 0 Å². The quantitative estimate of drug-likeness (QED) is 0.867. The van der Waals surface area contributed by atoms with E-state index in [1.807, 2.05) is 41.3 Å². The third-order valence-corrected chi connectivity index (χ3v) is 5.52. The maximum Gasteiger partial charge on any atom is 0.238 e. The zero-order valence-electron chi connectivity index (χ0n) is 15.7. The first-order valence-corrected chi connectivity index (χ1v) is 9.72. The Kier molecular flexibility index (Phi) is 5.39. The predicted octanol–water partition coefficient (Wildman–Crippen LogP) is 2.71. The molecule has 2 unspecified atom stereocenters. The Morgan fingerprint density at radius 3 is 2.36 bits per heavy atom. The summed E-state index contributed by atoms with van der Waals surface area (Å²) >= 11 is 0. The lowest BCUT2D eigenvalue weighted by molar-refractivity contribution is -0.134. The largest absolute Gasteiger partial charge is 0.340 e. The van der Waals surface area contributed by atoms with Gasteiger partial charge in [-0.3, -0.25) is 14.5 Å². The Hall–Kier alpha value is -2.73. The molecule has 0 radical (unpaired) electrons. The summed E-state index contributed by atoms with van der Waals surface area (Å²) in [6, 6.07) is 16.1. The van der Waals surface area contributed by atoms with Gasteiger partial charge in [0.1, 0.15) is 5.82 Å². The van der Waals surface area contributed by atoms with Crippen LogP contribution in [0, 0.1) is 11.7 Å². The third kappa shape index (κ3) is 4.22. The molecule has 1 saturated carbocycles. The minimum Gasteiger partial charge on any atom is -0.340 e. The van der Waals surface area contributed by atoms with E-state index in [9.17, 15) is 14.0 Å². The number of hydrogen-bond acceptors (Lipinski definition) is 3. The van der Waals surface area contributed by atoms with Crippen LogP contribution in [0.25, 0.3) is 0 Å². The molecule has 1 heterocycles. The summed E-state index contributed by atoms with van der Waals surface area (Å²) in [5, 5.41) is 2.88. The predicted molar refractivity (Wildman–Crippen MR) is 105 cm³/mol. The van der Waals surface area contributed by atoms with Gasteiger partial charge in [-0.1, -0.05) is 36.4 Å². The number of carbonyl (C=O) groups is 2. The molecule has 2 aromatic carbocycles. The summed E-state index contributed by atoms with van der Waals surface area (Å²) in [4.78, 5) is 28.8. The molecule has 2 aliphatic rings. The van der Waals surface area contributed by atoms with Gasteiger partial charge in [-0.25, -0.2) is 4.39 Å². The summed E-state index contributed by atoms with van der Waals surface area (Å²) < 4.78 is 13.9. The number of rotatable bonds is 5. The maximum atomic E-state index is 13.9. The summed E-state index contributed by atoms with van der Waals surface area (Å²) in [7, 11) is 0. The molecule has 1 aliphatic heterocycles. The van der Waals surface area contributed by atoms with Gasteiger partial charge in [-0.2, -0.15) is 0 Å². The SMILES string of the molecule is O=C(CN1CCN(C(=O)C2CC2c2ccccc2F)CC1)Nc1ccccc1. The van der Waals surface area contributed by atoms with Gasteiger partial charge in [0.05, 0.1) is 6.54 Å². The average Bonchev–Trinajstić information content (AvgIpc) is 3.50. The van der Waals surface area contributed by atoms with Crippen LogP contribution in [0.15, 0.2) is 54.6 Å². The fourth-order valence-electron chi connectivity index (χ4n) is 3.87. The topological polar surface area (TPSA) is 52.7 Å². The van der Waals surface area contributed by atoms with E-state index in [4.69, 9.17) is 0 Å². The number of para-hydroxylation sites is 1. The Bertz CT molecular complexity index is 850. The average molecular weight is 381 g/mol. The molecular weight excluding hydrogens is 357 g/mol. The summed E-state index contributed by atoms with van der Waals surface area (Å²) in [5.41, 5.74) is 1.44. The lowest BCUT2D eigenvalue weighted by atomic mass is 10.1. The Morgan fingerprint density at radius 1 is 0.964 bits per heavy atom. The highest BCUT2D eigenvalue weighted by molar-refractivity contribution is 5.92. The highest BCUT2D eigenvalue weighted by Gasteiger charge is 2.47. The Balaban J connectivity index is 1.24. The van der Waals surface area contributed by atoms with Crippen molar-refractivity contribution < 1.29 is 14.0 Å². The summed E-state index contributed by atoms with van der Waals surface area (Å²) in [6.07, 6.45) is 0.722. The van der Waals surface area contributed by atoms with Crippen molar-refractivity contribution in [2.45, 2.75) is 12.3 Å². The van der Waals surface area contributed by atoms with E-state index in [0.717, 1.165) is 12.1 Å². The van der Waals surface area contributed by atoms with Gasteiger partial charge in [-0.05, 0) is 36.1 Å². The molecule has 146 valence electrons. The number of benzene rings is 2. The van der Waals surface area contributed by atoms with E-state index in [1.54, 1.807) is 12.1 Å². The van der Waals surface area contributed by atoms with E-state index in [2.05, 4.69) is 10.2 Å². The van der Waals surface area contributed by atoms with Crippen LogP contribution in [-0.2, 0) is 9.59 Å². The summed E-state index contributed by atoms with van der Waals surface area (Å²) in [6.45, 7) is 2.88. The first-order chi connectivity index (χ1) is 13.6. The smallest absolute Gasteiger partial charge is 0.238 e. The molecule has 5 nitrogen and oxygen atoms in total. The molecule has 0 spiro atoms. The monoisotopic (exact) mass is 381 g/mol. The number of piperazine rings is 1. The Morgan fingerprint density at radius 2 is 1.64 bits per heavy atom.